The van der Waals surface area contributed by atoms with Crippen molar-refractivity contribution in [1.29, 1.82) is 0 Å². The van der Waals surface area contributed by atoms with Crippen LogP contribution in [0.15, 0.2) is 27.3 Å². The van der Waals surface area contributed by atoms with Crippen molar-refractivity contribution < 1.29 is 14.0 Å². The topological polar surface area (TPSA) is 75.5 Å². The Hall–Kier alpha value is -1.66. The summed E-state index contributed by atoms with van der Waals surface area (Å²) in [7, 11) is 0. The SMILES string of the molecule is CC(C)Cc1noc(CN2CCCC2CC(O)c2ccco2)n1. The first-order valence-corrected chi connectivity index (χ1v) is 8.39. The molecule has 0 bridgehead atoms. The standard InChI is InChI=1S/C17H25N3O3/c1-12(2)9-16-18-17(23-19-16)11-20-7-3-5-13(20)10-14(21)15-6-4-8-22-15/h4,6,8,12-14,21H,3,5,7,9-11H2,1-2H3. The lowest BCUT2D eigenvalue weighted by Gasteiger charge is -2.24. The van der Waals surface area contributed by atoms with Crippen LogP contribution in [0.3, 0.4) is 0 Å². The van der Waals surface area contributed by atoms with Crippen molar-refractivity contribution >= 4 is 0 Å². The largest absolute Gasteiger partial charge is 0.467 e. The molecule has 0 spiro atoms. The molecule has 1 aliphatic rings. The molecule has 1 N–H and O–H groups in total. The van der Waals surface area contributed by atoms with Gasteiger partial charge in [-0.05, 0) is 43.9 Å². The molecule has 2 atom stereocenters. The number of likely N-dealkylation sites (tertiary alicyclic amines) is 1. The normalized spacial score (nSPS) is 20.4. The van der Waals surface area contributed by atoms with Crippen LogP contribution in [0.4, 0.5) is 0 Å². The molecule has 3 rings (SSSR count). The highest BCUT2D eigenvalue weighted by Gasteiger charge is 2.29. The van der Waals surface area contributed by atoms with E-state index in [-0.39, 0.29) is 0 Å². The van der Waals surface area contributed by atoms with Crippen molar-refractivity contribution in [2.24, 2.45) is 5.92 Å². The second-order valence-corrected chi connectivity index (χ2v) is 6.74. The van der Waals surface area contributed by atoms with Crippen LogP contribution in [0.2, 0.25) is 0 Å². The molecule has 2 aromatic heterocycles. The summed E-state index contributed by atoms with van der Waals surface area (Å²) in [5, 5.41) is 14.3. The van der Waals surface area contributed by atoms with E-state index < -0.39 is 6.10 Å². The molecule has 1 aliphatic heterocycles. The van der Waals surface area contributed by atoms with Gasteiger partial charge in [0.15, 0.2) is 5.82 Å². The fourth-order valence-corrected chi connectivity index (χ4v) is 3.20. The number of rotatable bonds is 7. The lowest BCUT2D eigenvalue weighted by Crippen LogP contribution is -2.30. The van der Waals surface area contributed by atoms with Crippen molar-refractivity contribution in [3.8, 4) is 0 Å². The maximum Gasteiger partial charge on any atom is 0.240 e. The van der Waals surface area contributed by atoms with Gasteiger partial charge in [0.2, 0.25) is 5.89 Å². The van der Waals surface area contributed by atoms with Gasteiger partial charge >= 0.3 is 0 Å². The predicted octanol–water partition coefficient (Wildman–Crippen LogP) is 2.95. The van der Waals surface area contributed by atoms with Crippen molar-refractivity contribution in [3.05, 3.63) is 35.9 Å². The van der Waals surface area contributed by atoms with E-state index >= 15 is 0 Å². The zero-order valence-electron chi connectivity index (χ0n) is 13.8. The van der Waals surface area contributed by atoms with Crippen LogP contribution in [0.25, 0.3) is 0 Å². The first-order chi connectivity index (χ1) is 11.1. The van der Waals surface area contributed by atoms with Gasteiger partial charge < -0.3 is 14.0 Å². The van der Waals surface area contributed by atoms with Crippen LogP contribution in [-0.2, 0) is 13.0 Å². The molecule has 0 aliphatic carbocycles. The Bertz CT molecular complexity index is 594. The number of nitrogens with zero attached hydrogens (tertiary/aromatic N) is 3. The fraction of sp³-hybridized carbons (Fsp3) is 0.647. The Labute approximate surface area is 136 Å². The van der Waals surface area contributed by atoms with E-state index in [1.54, 1.807) is 12.3 Å². The molecular formula is C17H25N3O3. The molecule has 126 valence electrons. The summed E-state index contributed by atoms with van der Waals surface area (Å²) < 4.78 is 10.7. The molecule has 0 saturated carbocycles. The smallest absolute Gasteiger partial charge is 0.240 e. The third-order valence-electron chi connectivity index (χ3n) is 4.31. The lowest BCUT2D eigenvalue weighted by molar-refractivity contribution is 0.0955. The summed E-state index contributed by atoms with van der Waals surface area (Å²) in [6.07, 6.45) is 4.74. The first kappa shape index (κ1) is 16.2. The summed E-state index contributed by atoms with van der Waals surface area (Å²) >= 11 is 0. The van der Waals surface area contributed by atoms with Crippen molar-refractivity contribution in [1.82, 2.24) is 15.0 Å². The summed E-state index contributed by atoms with van der Waals surface area (Å²) in [5.41, 5.74) is 0. The maximum absolute atomic E-state index is 10.3. The summed E-state index contributed by atoms with van der Waals surface area (Å²) in [6, 6.07) is 3.94. The molecule has 23 heavy (non-hydrogen) atoms. The minimum Gasteiger partial charge on any atom is -0.467 e. The summed E-state index contributed by atoms with van der Waals surface area (Å²) in [5.74, 6) is 2.60. The zero-order valence-corrected chi connectivity index (χ0v) is 13.8. The first-order valence-electron chi connectivity index (χ1n) is 8.39. The third kappa shape index (κ3) is 4.20. The molecule has 2 aromatic rings. The molecule has 0 aromatic carbocycles. The Morgan fingerprint density at radius 3 is 3.04 bits per heavy atom. The van der Waals surface area contributed by atoms with Crippen LogP contribution < -0.4 is 0 Å². The van der Waals surface area contributed by atoms with Crippen LogP contribution in [0.5, 0.6) is 0 Å². The number of hydrogen-bond donors (Lipinski definition) is 1. The molecule has 1 fully saturated rings. The van der Waals surface area contributed by atoms with Gasteiger partial charge in [-0.3, -0.25) is 4.90 Å². The average molecular weight is 319 g/mol. The predicted molar refractivity (Wildman–Crippen MR) is 84.6 cm³/mol. The van der Waals surface area contributed by atoms with Crippen molar-refractivity contribution in [2.75, 3.05) is 6.54 Å². The monoisotopic (exact) mass is 319 g/mol. The molecular weight excluding hydrogens is 294 g/mol. The van der Waals surface area contributed by atoms with E-state index in [1.807, 2.05) is 6.07 Å². The molecule has 0 radical (unpaired) electrons. The highest BCUT2D eigenvalue weighted by molar-refractivity contribution is 5.03. The molecule has 3 heterocycles. The van der Waals surface area contributed by atoms with Gasteiger partial charge in [0, 0.05) is 12.5 Å². The quantitative estimate of drug-likeness (QED) is 0.845. The van der Waals surface area contributed by atoms with Crippen LogP contribution in [0, 0.1) is 5.92 Å². The number of furan rings is 1. The second-order valence-electron chi connectivity index (χ2n) is 6.74. The minimum atomic E-state index is -0.560. The Morgan fingerprint density at radius 2 is 2.30 bits per heavy atom. The Balaban J connectivity index is 1.57. The maximum atomic E-state index is 10.3. The van der Waals surface area contributed by atoms with Gasteiger partial charge in [-0.25, -0.2) is 0 Å². The van der Waals surface area contributed by atoms with Gasteiger partial charge in [0.1, 0.15) is 11.9 Å². The molecule has 6 nitrogen and oxygen atoms in total. The van der Waals surface area contributed by atoms with Crippen LogP contribution >= 0.6 is 0 Å². The highest BCUT2D eigenvalue weighted by Crippen LogP contribution is 2.28. The van der Waals surface area contributed by atoms with Gasteiger partial charge in [0.25, 0.3) is 0 Å². The van der Waals surface area contributed by atoms with E-state index in [2.05, 4.69) is 28.9 Å². The number of aromatic nitrogens is 2. The minimum absolute atomic E-state index is 0.315. The molecule has 6 heteroatoms. The van der Waals surface area contributed by atoms with Crippen LogP contribution in [0.1, 0.15) is 56.7 Å². The third-order valence-corrected chi connectivity index (χ3v) is 4.31. The van der Waals surface area contributed by atoms with E-state index in [9.17, 15) is 5.11 Å². The molecule has 1 saturated heterocycles. The van der Waals surface area contributed by atoms with E-state index in [0.29, 0.717) is 36.6 Å². The van der Waals surface area contributed by atoms with Gasteiger partial charge in [-0.1, -0.05) is 19.0 Å². The second kappa shape index (κ2) is 7.27. The highest BCUT2D eigenvalue weighted by atomic mass is 16.5. The van der Waals surface area contributed by atoms with Gasteiger partial charge in [-0.2, -0.15) is 4.98 Å². The Morgan fingerprint density at radius 1 is 1.43 bits per heavy atom. The summed E-state index contributed by atoms with van der Waals surface area (Å²) in [4.78, 5) is 6.80. The van der Waals surface area contributed by atoms with Gasteiger partial charge in [0.05, 0.1) is 12.8 Å². The fourth-order valence-electron chi connectivity index (χ4n) is 3.20. The number of aliphatic hydroxyl groups excluding tert-OH is 1. The van der Waals surface area contributed by atoms with Crippen molar-refractivity contribution in [3.63, 3.8) is 0 Å². The average Bonchev–Trinajstić information content (AvgIpc) is 3.22. The number of aliphatic hydroxyl groups is 1. The zero-order chi connectivity index (χ0) is 16.2. The summed E-state index contributed by atoms with van der Waals surface area (Å²) in [6.45, 7) is 5.93. The lowest BCUT2D eigenvalue weighted by atomic mass is 10.1. The molecule has 2 unspecified atom stereocenters. The van der Waals surface area contributed by atoms with E-state index in [0.717, 1.165) is 31.6 Å². The van der Waals surface area contributed by atoms with Crippen LogP contribution in [-0.4, -0.2) is 32.7 Å². The van der Waals surface area contributed by atoms with E-state index in [1.165, 1.54) is 0 Å². The molecule has 0 amide bonds. The number of hydrogen-bond acceptors (Lipinski definition) is 6. The van der Waals surface area contributed by atoms with E-state index in [4.69, 9.17) is 8.94 Å². The van der Waals surface area contributed by atoms with Gasteiger partial charge in [-0.15, -0.1) is 0 Å². The Kier molecular flexibility index (Phi) is 5.13. The van der Waals surface area contributed by atoms with Crippen molar-refractivity contribution in [2.45, 2.75) is 58.2 Å².